The molecule has 1 aromatic carbocycles. The Kier molecular flexibility index (Phi) is 4.83. The van der Waals surface area contributed by atoms with Crippen LogP contribution in [-0.4, -0.2) is 45.1 Å². The van der Waals surface area contributed by atoms with E-state index in [-0.39, 0.29) is 12.1 Å². The van der Waals surface area contributed by atoms with E-state index in [1.165, 1.54) is 6.33 Å². The SMILES string of the molecule is COc1cccc(Nc2ncnn3ccc(O[C@H]4CC[C@@H](N)[C@H](O)C4)c23)c1. The second-order valence-electron chi connectivity index (χ2n) is 6.72. The zero-order valence-electron chi connectivity index (χ0n) is 15.1. The van der Waals surface area contributed by atoms with Crippen molar-refractivity contribution in [3.63, 3.8) is 0 Å². The molecular formula is C19H23N5O3. The number of nitrogens with two attached hydrogens (primary N) is 1. The predicted molar refractivity (Wildman–Crippen MR) is 102 cm³/mol. The topological polar surface area (TPSA) is 107 Å². The van der Waals surface area contributed by atoms with Crippen LogP contribution < -0.4 is 20.5 Å². The average molecular weight is 369 g/mol. The zero-order valence-corrected chi connectivity index (χ0v) is 15.1. The van der Waals surface area contributed by atoms with Crippen molar-refractivity contribution >= 4 is 17.0 Å². The molecule has 0 bridgehead atoms. The van der Waals surface area contributed by atoms with Gasteiger partial charge in [0.1, 0.15) is 23.7 Å². The van der Waals surface area contributed by atoms with E-state index in [2.05, 4.69) is 15.4 Å². The fourth-order valence-corrected chi connectivity index (χ4v) is 3.37. The Morgan fingerprint density at radius 2 is 2.19 bits per heavy atom. The van der Waals surface area contributed by atoms with Gasteiger partial charge in [-0.15, -0.1) is 0 Å². The third-order valence-corrected chi connectivity index (χ3v) is 4.86. The lowest BCUT2D eigenvalue weighted by atomic mass is 9.91. The second-order valence-corrected chi connectivity index (χ2v) is 6.72. The molecular weight excluding hydrogens is 346 g/mol. The number of ether oxygens (including phenoxy) is 2. The number of methoxy groups -OCH3 is 1. The smallest absolute Gasteiger partial charge is 0.162 e. The van der Waals surface area contributed by atoms with Gasteiger partial charge in [0, 0.05) is 36.5 Å². The van der Waals surface area contributed by atoms with E-state index in [0.29, 0.717) is 18.0 Å². The third-order valence-electron chi connectivity index (χ3n) is 4.86. The molecule has 0 aliphatic heterocycles. The minimum absolute atomic E-state index is 0.0872. The van der Waals surface area contributed by atoms with Gasteiger partial charge in [0.2, 0.25) is 0 Å². The van der Waals surface area contributed by atoms with Gasteiger partial charge in [0.05, 0.1) is 13.2 Å². The summed E-state index contributed by atoms with van der Waals surface area (Å²) in [5, 5.41) is 17.6. The van der Waals surface area contributed by atoms with Crippen LogP contribution in [0, 0.1) is 0 Å². The van der Waals surface area contributed by atoms with Crippen molar-refractivity contribution in [2.75, 3.05) is 12.4 Å². The van der Waals surface area contributed by atoms with Crippen molar-refractivity contribution < 1.29 is 14.6 Å². The summed E-state index contributed by atoms with van der Waals surface area (Å²) in [6, 6.07) is 9.30. The second kappa shape index (κ2) is 7.42. The number of aliphatic hydroxyl groups excluding tert-OH is 1. The van der Waals surface area contributed by atoms with Crippen molar-refractivity contribution in [3.8, 4) is 11.5 Å². The highest BCUT2D eigenvalue weighted by molar-refractivity contribution is 5.79. The minimum Gasteiger partial charge on any atom is -0.497 e. The quantitative estimate of drug-likeness (QED) is 0.632. The van der Waals surface area contributed by atoms with Crippen LogP contribution in [0.3, 0.4) is 0 Å². The summed E-state index contributed by atoms with van der Waals surface area (Å²) in [6.45, 7) is 0. The molecule has 8 nitrogen and oxygen atoms in total. The molecule has 142 valence electrons. The molecule has 1 fully saturated rings. The summed E-state index contributed by atoms with van der Waals surface area (Å²) < 4.78 is 13.2. The fraction of sp³-hybridized carbons (Fsp3) is 0.368. The molecule has 0 radical (unpaired) electrons. The molecule has 0 unspecified atom stereocenters. The van der Waals surface area contributed by atoms with E-state index in [0.717, 1.165) is 29.8 Å². The summed E-state index contributed by atoms with van der Waals surface area (Å²) >= 11 is 0. The first-order chi connectivity index (χ1) is 13.1. The van der Waals surface area contributed by atoms with Gasteiger partial charge < -0.3 is 25.6 Å². The standard InChI is InChI=1S/C19H23N5O3/c1-26-13-4-2-3-12(9-13)23-19-18-17(7-8-24(18)22-11-21-19)27-14-5-6-15(20)16(25)10-14/h2-4,7-9,11,14-16,25H,5-6,10,20H2,1H3,(H,21,22,23)/t14-,15+,16+/m0/s1. The molecule has 4 rings (SSSR count). The number of anilines is 2. The molecule has 2 heterocycles. The highest BCUT2D eigenvalue weighted by atomic mass is 16.5. The molecule has 0 spiro atoms. The normalized spacial score (nSPS) is 22.6. The molecule has 0 amide bonds. The van der Waals surface area contributed by atoms with Crippen molar-refractivity contribution in [2.24, 2.45) is 5.73 Å². The first-order valence-corrected chi connectivity index (χ1v) is 8.98. The number of aliphatic hydroxyl groups is 1. The summed E-state index contributed by atoms with van der Waals surface area (Å²) in [7, 11) is 1.63. The fourth-order valence-electron chi connectivity index (χ4n) is 3.37. The third kappa shape index (κ3) is 3.67. The molecule has 0 saturated heterocycles. The van der Waals surface area contributed by atoms with Crippen LogP contribution >= 0.6 is 0 Å². The van der Waals surface area contributed by atoms with E-state index in [1.54, 1.807) is 11.6 Å². The van der Waals surface area contributed by atoms with E-state index in [9.17, 15) is 5.11 Å². The lowest BCUT2D eigenvalue weighted by Crippen LogP contribution is -2.43. The zero-order chi connectivity index (χ0) is 18.8. The predicted octanol–water partition coefficient (Wildman–Crippen LogP) is 2.10. The van der Waals surface area contributed by atoms with Crippen molar-refractivity contribution in [2.45, 2.75) is 37.5 Å². The summed E-state index contributed by atoms with van der Waals surface area (Å²) in [5.41, 5.74) is 7.48. The number of rotatable bonds is 5. The Hall–Kier alpha value is -2.84. The van der Waals surface area contributed by atoms with Crippen LogP contribution in [0.15, 0.2) is 42.9 Å². The maximum absolute atomic E-state index is 10.0. The van der Waals surface area contributed by atoms with Crippen LogP contribution in [0.5, 0.6) is 11.5 Å². The summed E-state index contributed by atoms with van der Waals surface area (Å²) in [4.78, 5) is 4.38. The Morgan fingerprint density at radius 1 is 1.30 bits per heavy atom. The number of aromatic nitrogens is 3. The van der Waals surface area contributed by atoms with Gasteiger partial charge in [-0.2, -0.15) is 5.10 Å². The van der Waals surface area contributed by atoms with Crippen molar-refractivity contribution in [1.82, 2.24) is 14.6 Å². The molecule has 3 atom stereocenters. The number of nitrogens with one attached hydrogen (secondary N) is 1. The van der Waals surface area contributed by atoms with Gasteiger partial charge in [-0.1, -0.05) is 6.07 Å². The van der Waals surface area contributed by atoms with Crippen LogP contribution in [0.4, 0.5) is 11.5 Å². The Bertz CT molecular complexity index is 929. The molecule has 1 saturated carbocycles. The van der Waals surface area contributed by atoms with Crippen LogP contribution in [0.1, 0.15) is 19.3 Å². The lowest BCUT2D eigenvalue weighted by Gasteiger charge is -2.30. The number of fused-ring (bicyclic) bond motifs is 1. The molecule has 1 aliphatic carbocycles. The summed E-state index contributed by atoms with van der Waals surface area (Å²) in [5.74, 6) is 2.06. The largest absolute Gasteiger partial charge is 0.497 e. The molecule has 4 N–H and O–H groups in total. The van der Waals surface area contributed by atoms with E-state index < -0.39 is 6.10 Å². The van der Waals surface area contributed by atoms with E-state index >= 15 is 0 Å². The molecule has 2 aromatic heterocycles. The first-order valence-electron chi connectivity index (χ1n) is 8.98. The van der Waals surface area contributed by atoms with E-state index in [4.69, 9.17) is 15.2 Å². The number of hydrogen-bond acceptors (Lipinski definition) is 7. The van der Waals surface area contributed by atoms with Gasteiger partial charge in [-0.25, -0.2) is 9.50 Å². The van der Waals surface area contributed by atoms with Crippen LogP contribution in [0.2, 0.25) is 0 Å². The van der Waals surface area contributed by atoms with Gasteiger partial charge in [-0.3, -0.25) is 0 Å². The monoisotopic (exact) mass is 369 g/mol. The molecule has 3 aromatic rings. The van der Waals surface area contributed by atoms with E-state index in [1.807, 2.05) is 36.5 Å². The minimum atomic E-state index is -0.539. The maximum atomic E-state index is 10.0. The van der Waals surface area contributed by atoms with Gasteiger partial charge in [0.25, 0.3) is 0 Å². The summed E-state index contributed by atoms with van der Waals surface area (Å²) in [6.07, 6.45) is 4.76. The van der Waals surface area contributed by atoms with Gasteiger partial charge in [0.15, 0.2) is 11.6 Å². The Labute approximate surface area is 156 Å². The highest BCUT2D eigenvalue weighted by Gasteiger charge is 2.28. The van der Waals surface area contributed by atoms with Gasteiger partial charge >= 0.3 is 0 Å². The Balaban J connectivity index is 1.61. The highest BCUT2D eigenvalue weighted by Crippen LogP contribution is 2.32. The van der Waals surface area contributed by atoms with Crippen molar-refractivity contribution in [1.29, 1.82) is 0 Å². The maximum Gasteiger partial charge on any atom is 0.162 e. The molecule has 27 heavy (non-hydrogen) atoms. The number of nitrogens with zero attached hydrogens (tertiary/aromatic N) is 3. The lowest BCUT2D eigenvalue weighted by molar-refractivity contribution is 0.0399. The van der Waals surface area contributed by atoms with Crippen LogP contribution in [0.25, 0.3) is 5.52 Å². The molecule has 1 aliphatic rings. The first kappa shape index (κ1) is 17.6. The molecule has 8 heteroatoms. The number of benzene rings is 1. The van der Waals surface area contributed by atoms with Crippen molar-refractivity contribution in [3.05, 3.63) is 42.9 Å². The average Bonchev–Trinajstić information content (AvgIpc) is 3.09. The van der Waals surface area contributed by atoms with Crippen LogP contribution in [-0.2, 0) is 0 Å². The Morgan fingerprint density at radius 3 is 3.00 bits per heavy atom. The number of hydrogen-bond donors (Lipinski definition) is 3. The van der Waals surface area contributed by atoms with Gasteiger partial charge in [-0.05, 0) is 25.0 Å².